The van der Waals surface area contributed by atoms with Crippen molar-refractivity contribution < 1.29 is 8.78 Å². The van der Waals surface area contributed by atoms with Gasteiger partial charge >= 0.3 is 0 Å². The highest BCUT2D eigenvalue weighted by atomic mass is 19.1. The lowest BCUT2D eigenvalue weighted by Crippen LogP contribution is -2.00. The average molecular weight is 245 g/mol. The maximum Gasteiger partial charge on any atom is 0.151 e. The zero-order valence-electron chi connectivity index (χ0n) is 9.24. The maximum absolute atomic E-state index is 13.2. The number of hydrogen-bond donors (Lipinski definition) is 2. The zero-order valence-corrected chi connectivity index (χ0v) is 9.24. The van der Waals surface area contributed by atoms with Crippen LogP contribution in [-0.4, -0.2) is 0 Å². The standard InChI is InChI=1S/C13H9F2N3/c14-9-5-11(15)13(17)12(6-9)18-10-3-1-8(7-16)2-4-10/h1-6,18H,17H2. The smallest absolute Gasteiger partial charge is 0.151 e. The quantitative estimate of drug-likeness (QED) is 0.799. The van der Waals surface area contributed by atoms with E-state index in [-0.39, 0.29) is 11.4 Å². The van der Waals surface area contributed by atoms with Gasteiger partial charge in [0, 0.05) is 11.8 Å². The molecular formula is C13H9F2N3. The SMILES string of the molecule is N#Cc1ccc(Nc2cc(F)cc(F)c2N)cc1. The Hall–Kier alpha value is -2.61. The van der Waals surface area contributed by atoms with E-state index in [2.05, 4.69) is 5.32 Å². The van der Waals surface area contributed by atoms with Gasteiger partial charge in [-0.05, 0) is 30.3 Å². The van der Waals surface area contributed by atoms with E-state index in [0.29, 0.717) is 11.3 Å². The molecule has 0 saturated carbocycles. The summed E-state index contributed by atoms with van der Waals surface area (Å²) in [6, 6.07) is 10.2. The lowest BCUT2D eigenvalue weighted by atomic mass is 10.2. The van der Waals surface area contributed by atoms with Gasteiger partial charge in [0.2, 0.25) is 0 Å². The lowest BCUT2D eigenvalue weighted by Gasteiger charge is -2.10. The van der Waals surface area contributed by atoms with Gasteiger partial charge in [-0.15, -0.1) is 0 Å². The minimum atomic E-state index is -0.814. The van der Waals surface area contributed by atoms with Gasteiger partial charge in [0.1, 0.15) is 5.82 Å². The van der Waals surface area contributed by atoms with Crippen LogP contribution in [0.15, 0.2) is 36.4 Å². The molecular weight excluding hydrogens is 236 g/mol. The molecule has 3 N–H and O–H groups in total. The van der Waals surface area contributed by atoms with E-state index in [0.717, 1.165) is 12.1 Å². The van der Waals surface area contributed by atoms with Crippen molar-refractivity contribution in [1.82, 2.24) is 0 Å². The van der Waals surface area contributed by atoms with Gasteiger partial charge < -0.3 is 11.1 Å². The highest BCUT2D eigenvalue weighted by molar-refractivity contribution is 5.73. The third kappa shape index (κ3) is 2.38. The third-order valence-corrected chi connectivity index (χ3v) is 2.39. The molecule has 3 nitrogen and oxygen atoms in total. The van der Waals surface area contributed by atoms with E-state index >= 15 is 0 Å². The summed E-state index contributed by atoms with van der Waals surface area (Å²) in [6.07, 6.45) is 0. The van der Waals surface area contributed by atoms with Crippen LogP contribution in [0.25, 0.3) is 0 Å². The fourth-order valence-electron chi connectivity index (χ4n) is 1.47. The van der Waals surface area contributed by atoms with Crippen molar-refractivity contribution in [2.45, 2.75) is 0 Å². The molecule has 2 aromatic rings. The number of nitriles is 1. The van der Waals surface area contributed by atoms with Crippen LogP contribution in [0.3, 0.4) is 0 Å². The Morgan fingerprint density at radius 1 is 1.11 bits per heavy atom. The first-order valence-electron chi connectivity index (χ1n) is 5.12. The molecule has 0 amide bonds. The van der Waals surface area contributed by atoms with Gasteiger partial charge in [-0.2, -0.15) is 5.26 Å². The Bertz CT molecular complexity index is 615. The molecule has 0 saturated heterocycles. The Kier molecular flexibility index (Phi) is 3.11. The molecule has 90 valence electrons. The van der Waals surface area contributed by atoms with Crippen LogP contribution in [0, 0.1) is 23.0 Å². The van der Waals surface area contributed by atoms with E-state index in [1.54, 1.807) is 24.3 Å². The molecule has 0 bridgehead atoms. The number of nitrogens with zero attached hydrogens (tertiary/aromatic N) is 1. The molecule has 0 heterocycles. The minimum Gasteiger partial charge on any atom is -0.395 e. The Morgan fingerprint density at radius 3 is 2.39 bits per heavy atom. The number of rotatable bonds is 2. The fourth-order valence-corrected chi connectivity index (χ4v) is 1.47. The van der Waals surface area contributed by atoms with Crippen molar-refractivity contribution >= 4 is 17.1 Å². The van der Waals surface area contributed by atoms with Crippen molar-refractivity contribution in [3.05, 3.63) is 53.6 Å². The summed E-state index contributed by atoms with van der Waals surface area (Å²) >= 11 is 0. The molecule has 0 atom stereocenters. The van der Waals surface area contributed by atoms with Crippen LogP contribution >= 0.6 is 0 Å². The second-order valence-corrected chi connectivity index (χ2v) is 3.66. The summed E-state index contributed by atoms with van der Waals surface area (Å²) in [6.45, 7) is 0. The molecule has 0 aliphatic heterocycles. The van der Waals surface area contributed by atoms with Crippen LogP contribution in [0.4, 0.5) is 25.8 Å². The largest absolute Gasteiger partial charge is 0.395 e. The van der Waals surface area contributed by atoms with Crippen LogP contribution in [-0.2, 0) is 0 Å². The highest BCUT2D eigenvalue weighted by Gasteiger charge is 2.08. The predicted octanol–water partition coefficient (Wildman–Crippen LogP) is 3.16. The minimum absolute atomic E-state index is 0.150. The first kappa shape index (κ1) is 11.9. The molecule has 0 aliphatic carbocycles. The molecule has 0 radical (unpaired) electrons. The summed E-state index contributed by atoms with van der Waals surface area (Å²) in [7, 11) is 0. The lowest BCUT2D eigenvalue weighted by molar-refractivity contribution is 0.587. The van der Waals surface area contributed by atoms with Gasteiger partial charge in [-0.25, -0.2) is 8.78 Å². The van der Waals surface area contributed by atoms with Crippen molar-refractivity contribution in [2.24, 2.45) is 0 Å². The number of halogens is 2. The topological polar surface area (TPSA) is 61.8 Å². The fraction of sp³-hybridized carbons (Fsp3) is 0. The molecule has 0 unspecified atom stereocenters. The molecule has 0 fully saturated rings. The van der Waals surface area contributed by atoms with E-state index in [4.69, 9.17) is 11.0 Å². The van der Waals surface area contributed by atoms with E-state index < -0.39 is 11.6 Å². The number of nitrogen functional groups attached to an aromatic ring is 1. The number of nitrogens with two attached hydrogens (primary N) is 1. The molecule has 0 spiro atoms. The second-order valence-electron chi connectivity index (χ2n) is 3.66. The molecule has 2 aromatic carbocycles. The number of nitrogens with one attached hydrogen (secondary N) is 1. The first-order valence-corrected chi connectivity index (χ1v) is 5.12. The normalized spacial score (nSPS) is 9.83. The van der Waals surface area contributed by atoms with Crippen LogP contribution in [0.5, 0.6) is 0 Å². The molecule has 18 heavy (non-hydrogen) atoms. The number of benzene rings is 2. The first-order chi connectivity index (χ1) is 8.60. The van der Waals surface area contributed by atoms with Gasteiger partial charge in [-0.1, -0.05) is 0 Å². The van der Waals surface area contributed by atoms with E-state index in [1.807, 2.05) is 6.07 Å². The van der Waals surface area contributed by atoms with Gasteiger partial charge in [-0.3, -0.25) is 0 Å². The Morgan fingerprint density at radius 2 is 1.78 bits per heavy atom. The number of hydrogen-bond acceptors (Lipinski definition) is 3. The van der Waals surface area contributed by atoms with Gasteiger partial charge in [0.15, 0.2) is 5.82 Å². The van der Waals surface area contributed by atoms with Crippen LogP contribution in [0.1, 0.15) is 5.56 Å². The summed E-state index contributed by atoms with van der Waals surface area (Å²) in [5.74, 6) is -1.52. The zero-order chi connectivity index (χ0) is 13.1. The summed E-state index contributed by atoms with van der Waals surface area (Å²) in [4.78, 5) is 0. The number of anilines is 3. The van der Waals surface area contributed by atoms with Crippen molar-refractivity contribution in [2.75, 3.05) is 11.1 Å². The Balaban J connectivity index is 2.31. The molecule has 0 aromatic heterocycles. The average Bonchev–Trinajstić information content (AvgIpc) is 2.36. The maximum atomic E-state index is 13.2. The highest BCUT2D eigenvalue weighted by Crippen LogP contribution is 2.26. The summed E-state index contributed by atoms with van der Waals surface area (Å²) < 4.78 is 26.3. The molecule has 0 aliphatic rings. The summed E-state index contributed by atoms with van der Waals surface area (Å²) in [5, 5.41) is 11.4. The second kappa shape index (κ2) is 4.72. The Labute approximate surface area is 102 Å². The van der Waals surface area contributed by atoms with Gasteiger partial charge in [0.25, 0.3) is 0 Å². The van der Waals surface area contributed by atoms with Crippen LogP contribution < -0.4 is 11.1 Å². The molecule has 5 heteroatoms. The molecule has 2 rings (SSSR count). The van der Waals surface area contributed by atoms with Gasteiger partial charge in [0.05, 0.1) is 23.0 Å². The monoisotopic (exact) mass is 245 g/mol. The van der Waals surface area contributed by atoms with E-state index in [1.165, 1.54) is 0 Å². The summed E-state index contributed by atoms with van der Waals surface area (Å²) in [5.41, 5.74) is 6.58. The van der Waals surface area contributed by atoms with Crippen molar-refractivity contribution in [3.63, 3.8) is 0 Å². The van der Waals surface area contributed by atoms with Crippen LogP contribution in [0.2, 0.25) is 0 Å². The van der Waals surface area contributed by atoms with Crippen molar-refractivity contribution in [1.29, 1.82) is 5.26 Å². The van der Waals surface area contributed by atoms with E-state index in [9.17, 15) is 8.78 Å². The third-order valence-electron chi connectivity index (χ3n) is 2.39. The predicted molar refractivity (Wildman–Crippen MR) is 65.2 cm³/mol. The van der Waals surface area contributed by atoms with Crippen molar-refractivity contribution in [3.8, 4) is 6.07 Å².